The van der Waals surface area contributed by atoms with Crippen LogP contribution >= 0.6 is 0 Å². The van der Waals surface area contributed by atoms with E-state index in [0.29, 0.717) is 0 Å². The highest BCUT2D eigenvalue weighted by Crippen LogP contribution is 2.17. The van der Waals surface area contributed by atoms with Gasteiger partial charge < -0.3 is 9.64 Å². The van der Waals surface area contributed by atoms with Crippen LogP contribution in [-0.4, -0.2) is 32.0 Å². The van der Waals surface area contributed by atoms with Crippen LogP contribution in [0.15, 0.2) is 24.3 Å². The van der Waals surface area contributed by atoms with E-state index in [9.17, 15) is 0 Å². The summed E-state index contributed by atoms with van der Waals surface area (Å²) in [6.45, 7) is 0. The Bertz CT molecular complexity index is 348. The van der Waals surface area contributed by atoms with Gasteiger partial charge in [0.2, 0.25) is 0 Å². The molecule has 0 fully saturated rings. The number of rotatable bonds is 3. The molecule has 0 spiro atoms. The molecule has 3 nitrogen and oxygen atoms in total. The van der Waals surface area contributed by atoms with Gasteiger partial charge in [0, 0.05) is 25.5 Å². The van der Waals surface area contributed by atoms with E-state index in [2.05, 4.69) is 5.87 Å². The van der Waals surface area contributed by atoms with Gasteiger partial charge in [0.15, 0.2) is 0 Å². The van der Waals surface area contributed by atoms with Crippen LogP contribution in [0.25, 0.3) is 5.70 Å². The number of hydrogen-bond acceptors (Lipinski definition) is 3. The molecule has 0 aromatic heterocycles. The lowest BCUT2D eigenvalue weighted by Gasteiger charge is -2.14. The van der Waals surface area contributed by atoms with Crippen LogP contribution in [0.3, 0.4) is 0 Å². The zero-order valence-corrected chi connectivity index (χ0v) is 8.66. The van der Waals surface area contributed by atoms with Gasteiger partial charge in [0.05, 0.1) is 7.11 Å². The second-order valence-corrected chi connectivity index (χ2v) is 3.10. The lowest BCUT2D eigenvalue weighted by atomic mass is 10.1. The third-order valence-electron chi connectivity index (χ3n) is 1.93. The molecule has 0 bridgehead atoms. The summed E-state index contributed by atoms with van der Waals surface area (Å²) in [5.41, 5.74) is 1.72. The predicted octanol–water partition coefficient (Wildman–Crippen LogP) is 1.85. The monoisotopic (exact) mass is 190 g/mol. The summed E-state index contributed by atoms with van der Waals surface area (Å²) >= 11 is 0. The van der Waals surface area contributed by atoms with Crippen molar-refractivity contribution in [2.24, 2.45) is 0 Å². The largest absolute Gasteiger partial charge is 0.497 e. The molecule has 0 aliphatic rings. The first-order valence-electron chi connectivity index (χ1n) is 4.30. The quantitative estimate of drug-likeness (QED) is 0.738. The third-order valence-corrected chi connectivity index (χ3v) is 1.93. The van der Waals surface area contributed by atoms with Gasteiger partial charge in [-0.2, -0.15) is 0 Å². The van der Waals surface area contributed by atoms with Crippen molar-refractivity contribution in [1.82, 2.24) is 4.90 Å². The summed E-state index contributed by atoms with van der Waals surface area (Å²) < 4.78 is 5.05. The van der Waals surface area contributed by atoms with Gasteiger partial charge in [-0.3, -0.25) is 5.41 Å². The zero-order chi connectivity index (χ0) is 10.6. The van der Waals surface area contributed by atoms with Crippen molar-refractivity contribution in [3.8, 4) is 5.75 Å². The van der Waals surface area contributed by atoms with Crippen molar-refractivity contribution >= 4 is 11.6 Å². The number of ether oxygens (including phenoxy) is 1. The molecule has 74 valence electrons. The molecular formula is C11H14N2O. The van der Waals surface area contributed by atoms with E-state index in [1.54, 1.807) is 7.11 Å². The van der Waals surface area contributed by atoms with Crippen molar-refractivity contribution < 1.29 is 4.74 Å². The molecule has 0 aliphatic heterocycles. The Kier molecular flexibility index (Phi) is 3.32. The first-order chi connectivity index (χ1) is 6.69. The molecular weight excluding hydrogens is 176 g/mol. The Morgan fingerprint density at radius 1 is 1.29 bits per heavy atom. The molecule has 1 rings (SSSR count). The van der Waals surface area contributed by atoms with E-state index in [1.807, 2.05) is 43.3 Å². The molecule has 1 aromatic rings. The summed E-state index contributed by atoms with van der Waals surface area (Å²) in [5.74, 6) is 3.22. The molecule has 0 unspecified atom stereocenters. The highest BCUT2D eigenvalue weighted by Gasteiger charge is 2.03. The third kappa shape index (κ3) is 2.15. The number of nitrogens with one attached hydrogen (secondary N) is 1. The summed E-state index contributed by atoms with van der Waals surface area (Å²) in [6, 6.07) is 7.57. The molecule has 0 atom stereocenters. The van der Waals surface area contributed by atoms with Gasteiger partial charge in [-0.15, -0.1) is 0 Å². The minimum atomic E-state index is 0.757. The maximum absolute atomic E-state index is 7.17. The topological polar surface area (TPSA) is 36.3 Å². The van der Waals surface area contributed by atoms with E-state index in [4.69, 9.17) is 10.1 Å². The minimum absolute atomic E-state index is 0.757. The number of hydrogen-bond donors (Lipinski definition) is 1. The smallest absolute Gasteiger partial charge is 0.118 e. The molecule has 1 N–H and O–H groups in total. The average Bonchev–Trinajstić information content (AvgIpc) is 2.19. The SMILES string of the molecule is COc1ccc(C(=C=N)N(C)C)cc1. The fourth-order valence-corrected chi connectivity index (χ4v) is 1.19. The molecule has 0 amide bonds. The Hall–Kier alpha value is -1.73. The van der Waals surface area contributed by atoms with E-state index >= 15 is 0 Å². The first kappa shape index (κ1) is 10.4. The van der Waals surface area contributed by atoms with Crippen LogP contribution in [-0.2, 0) is 0 Å². The molecule has 0 saturated carbocycles. The van der Waals surface area contributed by atoms with Crippen molar-refractivity contribution in [1.29, 1.82) is 5.41 Å². The molecule has 1 aromatic carbocycles. The summed E-state index contributed by atoms with van der Waals surface area (Å²) in [5, 5.41) is 7.17. The minimum Gasteiger partial charge on any atom is -0.497 e. The lowest BCUT2D eigenvalue weighted by molar-refractivity contribution is 0.414. The molecule has 0 radical (unpaired) electrons. The summed E-state index contributed by atoms with van der Waals surface area (Å²) in [6.07, 6.45) is 0. The number of benzene rings is 1. The van der Waals surface area contributed by atoms with E-state index in [-0.39, 0.29) is 0 Å². The molecule has 0 heterocycles. The molecule has 0 saturated heterocycles. The van der Waals surface area contributed by atoms with Crippen LogP contribution < -0.4 is 4.74 Å². The number of nitrogens with zero attached hydrogens (tertiary/aromatic N) is 1. The maximum atomic E-state index is 7.17. The Morgan fingerprint density at radius 3 is 2.21 bits per heavy atom. The highest BCUT2D eigenvalue weighted by atomic mass is 16.5. The summed E-state index contributed by atoms with van der Waals surface area (Å²) in [7, 11) is 5.41. The van der Waals surface area contributed by atoms with Crippen LogP contribution in [0.1, 0.15) is 5.56 Å². The Balaban J connectivity index is 3.02. The second kappa shape index (κ2) is 4.49. The van der Waals surface area contributed by atoms with Crippen molar-refractivity contribution in [2.75, 3.05) is 21.2 Å². The Morgan fingerprint density at radius 2 is 1.86 bits per heavy atom. The maximum Gasteiger partial charge on any atom is 0.118 e. The number of methoxy groups -OCH3 is 1. The molecule has 14 heavy (non-hydrogen) atoms. The van der Waals surface area contributed by atoms with Gasteiger partial charge in [0.25, 0.3) is 0 Å². The van der Waals surface area contributed by atoms with Crippen molar-refractivity contribution in [3.63, 3.8) is 0 Å². The van der Waals surface area contributed by atoms with Crippen LogP contribution in [0, 0.1) is 5.41 Å². The van der Waals surface area contributed by atoms with E-state index in [0.717, 1.165) is 17.0 Å². The summed E-state index contributed by atoms with van der Waals surface area (Å²) in [4.78, 5) is 1.86. The average molecular weight is 190 g/mol. The molecule has 0 aliphatic carbocycles. The fourth-order valence-electron chi connectivity index (χ4n) is 1.19. The van der Waals surface area contributed by atoms with Gasteiger partial charge in [-0.25, -0.2) is 0 Å². The zero-order valence-electron chi connectivity index (χ0n) is 8.66. The van der Waals surface area contributed by atoms with Crippen molar-refractivity contribution in [3.05, 3.63) is 29.8 Å². The Labute approximate surface area is 84.1 Å². The predicted molar refractivity (Wildman–Crippen MR) is 57.8 cm³/mol. The van der Waals surface area contributed by atoms with Crippen molar-refractivity contribution in [2.45, 2.75) is 0 Å². The van der Waals surface area contributed by atoms with E-state index < -0.39 is 0 Å². The van der Waals surface area contributed by atoms with Crippen LogP contribution in [0.4, 0.5) is 0 Å². The standard InChI is InChI=1S/C11H14N2O/c1-13(2)11(8-12)9-4-6-10(14-3)7-5-9/h4-7,12H,1-3H3. The fraction of sp³-hybridized carbons (Fsp3) is 0.273. The highest BCUT2D eigenvalue weighted by molar-refractivity contribution is 5.87. The van der Waals surface area contributed by atoms with Gasteiger partial charge in [-0.1, -0.05) is 0 Å². The van der Waals surface area contributed by atoms with Gasteiger partial charge >= 0.3 is 0 Å². The second-order valence-electron chi connectivity index (χ2n) is 3.10. The van der Waals surface area contributed by atoms with Gasteiger partial charge in [0.1, 0.15) is 11.4 Å². The lowest BCUT2D eigenvalue weighted by Crippen LogP contribution is -2.10. The van der Waals surface area contributed by atoms with Crippen LogP contribution in [0.2, 0.25) is 0 Å². The van der Waals surface area contributed by atoms with Gasteiger partial charge in [-0.05, 0) is 24.3 Å². The van der Waals surface area contributed by atoms with E-state index in [1.165, 1.54) is 0 Å². The first-order valence-corrected chi connectivity index (χ1v) is 4.30. The molecule has 3 heteroatoms. The normalized spacial score (nSPS) is 9.07. The van der Waals surface area contributed by atoms with Crippen LogP contribution in [0.5, 0.6) is 5.75 Å².